The second-order valence-corrected chi connectivity index (χ2v) is 14.1. The van der Waals surface area contributed by atoms with Crippen LogP contribution in [-0.2, 0) is 15.7 Å². The van der Waals surface area contributed by atoms with E-state index in [1.54, 1.807) is 0 Å². The van der Waals surface area contributed by atoms with Gasteiger partial charge in [0.1, 0.15) is 0 Å². The maximum atomic E-state index is 6.30. The van der Waals surface area contributed by atoms with Gasteiger partial charge in [-0.05, 0) is 109 Å². The molecule has 0 amide bonds. The first-order valence-electron chi connectivity index (χ1n) is 17.0. The summed E-state index contributed by atoms with van der Waals surface area (Å²) in [6.45, 7) is 8.29. The average molecular weight is 625 g/mol. The molecule has 5 heteroatoms. The molecule has 1 saturated heterocycles. The Morgan fingerprint density at radius 3 is 1.83 bits per heavy atom. The van der Waals surface area contributed by atoms with Gasteiger partial charge in [0.15, 0.2) is 0 Å². The van der Waals surface area contributed by atoms with Gasteiger partial charge in [0, 0.05) is 34.1 Å². The van der Waals surface area contributed by atoms with E-state index in [0.29, 0.717) is 0 Å². The van der Waals surface area contributed by atoms with E-state index in [9.17, 15) is 0 Å². The van der Waals surface area contributed by atoms with E-state index >= 15 is 0 Å². The molecule has 3 heterocycles. The van der Waals surface area contributed by atoms with E-state index in [4.69, 9.17) is 14.3 Å². The second-order valence-electron chi connectivity index (χ2n) is 14.1. The normalized spacial score (nSPS) is 16.6. The molecule has 0 bridgehead atoms. The van der Waals surface area contributed by atoms with Crippen LogP contribution >= 0.6 is 0 Å². The van der Waals surface area contributed by atoms with Crippen molar-refractivity contribution in [2.24, 2.45) is 0 Å². The molecular weight excluding hydrogens is 587 g/mol. The quantitative estimate of drug-likeness (QED) is 0.145. The van der Waals surface area contributed by atoms with Crippen LogP contribution in [0.2, 0.25) is 0 Å². The molecular formula is C43H37BN2O2. The van der Waals surface area contributed by atoms with Crippen molar-refractivity contribution in [2.75, 3.05) is 0 Å². The number of fused-ring (bicyclic) bond motifs is 5. The molecule has 48 heavy (non-hydrogen) atoms. The maximum absolute atomic E-state index is 6.30. The van der Waals surface area contributed by atoms with Gasteiger partial charge < -0.3 is 13.9 Å². The molecule has 0 atom stereocenters. The van der Waals surface area contributed by atoms with Crippen LogP contribution in [0, 0.1) is 0 Å². The fourth-order valence-corrected chi connectivity index (χ4v) is 7.66. The zero-order valence-corrected chi connectivity index (χ0v) is 27.8. The highest BCUT2D eigenvalue weighted by Gasteiger charge is 2.52. The van der Waals surface area contributed by atoms with Gasteiger partial charge in [-0.3, -0.25) is 4.98 Å². The highest BCUT2D eigenvalue weighted by atomic mass is 16.7. The number of hydrogen-bond acceptors (Lipinski definition) is 3. The number of hydrogen-bond donors (Lipinski definition) is 0. The molecule has 0 radical (unpaired) electrons. The van der Waals surface area contributed by atoms with Gasteiger partial charge in [-0.2, -0.15) is 0 Å². The summed E-state index contributed by atoms with van der Waals surface area (Å²) in [6, 6.07) is 39.6. The molecule has 4 nitrogen and oxygen atoms in total. The van der Waals surface area contributed by atoms with Gasteiger partial charge >= 0.3 is 7.12 Å². The summed E-state index contributed by atoms with van der Waals surface area (Å²) in [4.78, 5) is 4.91. The molecule has 9 rings (SSSR count). The van der Waals surface area contributed by atoms with Crippen LogP contribution in [0.15, 0.2) is 121 Å². The minimum Gasteiger partial charge on any atom is -0.398 e. The summed E-state index contributed by atoms with van der Waals surface area (Å²) in [5.41, 5.74) is 9.89. The average Bonchev–Trinajstić information content (AvgIpc) is 3.55. The third-order valence-electron chi connectivity index (χ3n) is 10.7. The summed E-state index contributed by atoms with van der Waals surface area (Å²) in [5.74, 6) is 0. The predicted octanol–water partition coefficient (Wildman–Crippen LogP) is 9.92. The lowest BCUT2D eigenvalue weighted by atomic mass is 9.82. The lowest BCUT2D eigenvalue weighted by Gasteiger charge is -2.32. The number of aromatic nitrogens is 2. The fraction of sp³-hybridized carbons (Fsp3) is 0.186. The summed E-state index contributed by atoms with van der Waals surface area (Å²) >= 11 is 0. The lowest BCUT2D eigenvalue weighted by molar-refractivity contribution is 0.00578. The molecule has 2 aliphatic rings. The van der Waals surface area contributed by atoms with Gasteiger partial charge in [0.2, 0.25) is 0 Å². The van der Waals surface area contributed by atoms with Crippen LogP contribution in [0.25, 0.3) is 66.5 Å². The SMILES string of the molecule is CC1(C)OB(c2ccc(-c3c4ccccc4c(-c4ccc5c(c4)c4c(n5-c5ccccc5)CCC=C4)c4ccccc34)cn2)OC1(C)C. The first-order chi connectivity index (χ1) is 23.3. The summed E-state index contributed by atoms with van der Waals surface area (Å²) in [5, 5.41) is 6.17. The summed E-state index contributed by atoms with van der Waals surface area (Å²) in [6.07, 6.45) is 8.71. The standard InChI is InChI=1S/C43H37BN2O2/c1-42(2)43(3,4)48-44(47-42)39-25-23-29(27-45-39)41-34-19-10-8-17-32(34)40(33-18-9-11-20-35(33)41)28-22-24-38-36(26-28)31-16-12-13-21-37(31)46(38)30-14-6-5-7-15-30/h5-12,14-20,22-27H,13,21H2,1-4H3. The van der Waals surface area contributed by atoms with Crippen molar-refractivity contribution in [3.05, 3.63) is 133 Å². The molecule has 0 saturated carbocycles. The Morgan fingerprint density at radius 2 is 1.23 bits per heavy atom. The molecule has 0 N–H and O–H groups in total. The van der Waals surface area contributed by atoms with Crippen LogP contribution in [0.1, 0.15) is 45.4 Å². The highest BCUT2D eigenvalue weighted by molar-refractivity contribution is 6.61. The van der Waals surface area contributed by atoms with Crippen molar-refractivity contribution in [3.63, 3.8) is 0 Å². The van der Waals surface area contributed by atoms with Crippen molar-refractivity contribution < 1.29 is 9.31 Å². The molecule has 0 unspecified atom stereocenters. The first kappa shape index (κ1) is 29.2. The van der Waals surface area contributed by atoms with Crippen molar-refractivity contribution in [1.82, 2.24) is 9.55 Å². The largest absolute Gasteiger partial charge is 0.514 e. The third kappa shape index (κ3) is 4.42. The number of rotatable bonds is 4. The molecule has 5 aromatic carbocycles. The summed E-state index contributed by atoms with van der Waals surface area (Å²) < 4.78 is 15.1. The van der Waals surface area contributed by atoms with Crippen LogP contribution < -0.4 is 5.59 Å². The Kier molecular flexibility index (Phi) is 6.56. The van der Waals surface area contributed by atoms with Crippen LogP contribution in [-0.4, -0.2) is 27.9 Å². The van der Waals surface area contributed by atoms with Gasteiger partial charge in [-0.15, -0.1) is 0 Å². The van der Waals surface area contributed by atoms with Gasteiger partial charge in [-0.25, -0.2) is 0 Å². The molecule has 1 aliphatic heterocycles. The van der Waals surface area contributed by atoms with Crippen LogP contribution in [0.5, 0.6) is 0 Å². The number of para-hydroxylation sites is 1. The van der Waals surface area contributed by atoms with Gasteiger partial charge in [-0.1, -0.05) is 91.0 Å². The Hall–Kier alpha value is -4.97. The monoisotopic (exact) mass is 624 g/mol. The van der Waals surface area contributed by atoms with Crippen molar-refractivity contribution in [1.29, 1.82) is 0 Å². The number of pyridine rings is 1. The van der Waals surface area contributed by atoms with E-state index in [0.717, 1.165) is 24.0 Å². The number of allylic oxidation sites excluding steroid dienone is 1. The first-order valence-corrected chi connectivity index (χ1v) is 17.0. The fourth-order valence-electron chi connectivity index (χ4n) is 7.66. The highest BCUT2D eigenvalue weighted by Crippen LogP contribution is 2.45. The minimum absolute atomic E-state index is 0.414. The van der Waals surface area contributed by atoms with Crippen LogP contribution in [0.4, 0.5) is 0 Å². The number of nitrogens with zero attached hydrogens (tertiary/aromatic N) is 2. The smallest absolute Gasteiger partial charge is 0.398 e. The van der Waals surface area contributed by atoms with Gasteiger partial charge in [0.25, 0.3) is 0 Å². The van der Waals surface area contributed by atoms with E-state index < -0.39 is 18.3 Å². The zero-order valence-electron chi connectivity index (χ0n) is 27.8. The molecule has 2 aromatic heterocycles. The molecule has 0 spiro atoms. The molecule has 234 valence electrons. The topological polar surface area (TPSA) is 36.3 Å². The van der Waals surface area contributed by atoms with Crippen molar-refractivity contribution >= 4 is 51.2 Å². The lowest BCUT2D eigenvalue weighted by Crippen LogP contribution is -2.41. The second kappa shape index (κ2) is 10.8. The summed E-state index contributed by atoms with van der Waals surface area (Å²) in [7, 11) is -0.493. The number of benzene rings is 5. The maximum Gasteiger partial charge on any atom is 0.514 e. The molecule has 1 fully saturated rings. The molecule has 1 aliphatic carbocycles. The van der Waals surface area contributed by atoms with E-state index in [1.807, 2.05) is 6.20 Å². The van der Waals surface area contributed by atoms with E-state index in [1.165, 1.54) is 66.1 Å². The van der Waals surface area contributed by atoms with Crippen molar-refractivity contribution in [3.8, 4) is 27.9 Å². The third-order valence-corrected chi connectivity index (χ3v) is 10.7. The predicted molar refractivity (Wildman–Crippen MR) is 200 cm³/mol. The Bertz CT molecular complexity index is 2330. The zero-order chi connectivity index (χ0) is 32.6. The Balaban J connectivity index is 1.23. The van der Waals surface area contributed by atoms with Gasteiger partial charge in [0.05, 0.1) is 22.3 Å². The van der Waals surface area contributed by atoms with E-state index in [2.05, 4.69) is 154 Å². The van der Waals surface area contributed by atoms with Crippen LogP contribution in [0.3, 0.4) is 0 Å². The molecule has 7 aromatic rings. The van der Waals surface area contributed by atoms with Crippen molar-refractivity contribution in [2.45, 2.75) is 51.7 Å². The van der Waals surface area contributed by atoms with E-state index in [-0.39, 0.29) is 0 Å². The minimum atomic E-state index is -0.493. The Labute approximate surface area is 281 Å². The Morgan fingerprint density at radius 1 is 0.646 bits per heavy atom.